The first-order valence-corrected chi connectivity index (χ1v) is 8.82. The molecular weight excluding hydrogens is 301 g/mol. The lowest BCUT2D eigenvalue weighted by Gasteiger charge is -2.24. The van der Waals surface area contributed by atoms with Crippen molar-refractivity contribution < 1.29 is 9.18 Å². The molecule has 0 spiro atoms. The van der Waals surface area contributed by atoms with Crippen LogP contribution in [-0.4, -0.2) is 16.8 Å². The number of hydrogen-bond donors (Lipinski definition) is 0. The second-order valence-electron chi connectivity index (χ2n) is 7.02. The van der Waals surface area contributed by atoms with Crippen molar-refractivity contribution in [1.29, 1.82) is 0 Å². The third-order valence-electron chi connectivity index (χ3n) is 5.23. The number of fused-ring (bicyclic) bond motifs is 1. The maximum absolute atomic E-state index is 13.4. The molecule has 0 heterocycles. The van der Waals surface area contributed by atoms with Crippen LogP contribution < -0.4 is 0 Å². The molecule has 0 radical (unpaired) electrons. The molecule has 1 atom stereocenters. The lowest BCUT2D eigenvalue weighted by Crippen LogP contribution is -2.33. The first-order valence-electron chi connectivity index (χ1n) is 8.82. The van der Waals surface area contributed by atoms with Crippen LogP contribution in [0.2, 0.25) is 0 Å². The predicted octanol–water partition coefficient (Wildman–Crippen LogP) is 4.44. The van der Waals surface area contributed by atoms with Crippen LogP contribution in [0.4, 0.5) is 4.39 Å². The van der Waals surface area contributed by atoms with E-state index >= 15 is 0 Å². The van der Waals surface area contributed by atoms with Crippen molar-refractivity contribution in [2.45, 2.75) is 50.6 Å². The second kappa shape index (κ2) is 6.39. The van der Waals surface area contributed by atoms with E-state index in [0.717, 1.165) is 31.2 Å². The number of nitrogens with zero attached hydrogens (tertiary/aromatic N) is 1. The lowest BCUT2D eigenvalue weighted by atomic mass is 9.97. The molecular formula is C21H22FNO. The molecule has 24 heavy (non-hydrogen) atoms. The normalized spacial score (nSPS) is 19.1. The van der Waals surface area contributed by atoms with Crippen LogP contribution in [0.25, 0.3) is 0 Å². The largest absolute Gasteiger partial charge is 0.335 e. The minimum atomic E-state index is -0.236. The average Bonchev–Trinajstić information content (AvgIpc) is 3.35. The zero-order chi connectivity index (χ0) is 16.5. The van der Waals surface area contributed by atoms with Gasteiger partial charge in [0.2, 0.25) is 5.91 Å². The number of aryl methyl sites for hydroxylation is 1. The standard InChI is InChI=1S/C21H22FNO/c22-18-6-3-4-15(12-18)14-23(19-10-11-19)21(24)13-17-9-8-16-5-1-2-7-20(16)17/h1-7,12,17,19H,8-11,13-14H2. The lowest BCUT2D eigenvalue weighted by molar-refractivity contribution is -0.132. The van der Waals surface area contributed by atoms with Gasteiger partial charge in [-0.2, -0.15) is 0 Å². The van der Waals surface area contributed by atoms with E-state index < -0.39 is 0 Å². The number of halogens is 1. The van der Waals surface area contributed by atoms with Crippen LogP contribution in [0, 0.1) is 5.82 Å². The average molecular weight is 323 g/mol. The van der Waals surface area contributed by atoms with Gasteiger partial charge in [0.25, 0.3) is 0 Å². The van der Waals surface area contributed by atoms with Gasteiger partial charge < -0.3 is 4.90 Å². The van der Waals surface area contributed by atoms with E-state index in [0.29, 0.717) is 24.9 Å². The maximum atomic E-state index is 13.4. The fourth-order valence-corrected chi connectivity index (χ4v) is 3.82. The number of carbonyl (C=O) groups excluding carboxylic acids is 1. The van der Waals surface area contributed by atoms with E-state index in [1.165, 1.54) is 23.3 Å². The summed E-state index contributed by atoms with van der Waals surface area (Å²) in [5.41, 5.74) is 3.60. The van der Waals surface area contributed by atoms with Gasteiger partial charge in [-0.1, -0.05) is 36.4 Å². The van der Waals surface area contributed by atoms with Crippen LogP contribution in [0.5, 0.6) is 0 Å². The molecule has 4 rings (SSSR count). The molecule has 0 aliphatic heterocycles. The molecule has 2 aromatic rings. The molecule has 0 aromatic heterocycles. The molecule has 1 amide bonds. The zero-order valence-electron chi connectivity index (χ0n) is 13.7. The maximum Gasteiger partial charge on any atom is 0.223 e. The monoisotopic (exact) mass is 323 g/mol. The highest BCUT2D eigenvalue weighted by atomic mass is 19.1. The Morgan fingerprint density at radius 3 is 2.71 bits per heavy atom. The van der Waals surface area contributed by atoms with E-state index in [1.54, 1.807) is 6.07 Å². The summed E-state index contributed by atoms with van der Waals surface area (Å²) in [6.07, 6.45) is 4.85. The van der Waals surface area contributed by atoms with Crippen molar-refractivity contribution in [2.75, 3.05) is 0 Å². The van der Waals surface area contributed by atoms with Crippen LogP contribution in [-0.2, 0) is 17.8 Å². The van der Waals surface area contributed by atoms with Gasteiger partial charge in [0.1, 0.15) is 5.82 Å². The first-order chi connectivity index (χ1) is 11.7. The quantitative estimate of drug-likeness (QED) is 0.797. The summed E-state index contributed by atoms with van der Waals surface area (Å²) in [6, 6.07) is 15.4. The van der Waals surface area contributed by atoms with Crippen LogP contribution in [0.15, 0.2) is 48.5 Å². The van der Waals surface area contributed by atoms with E-state index in [1.807, 2.05) is 11.0 Å². The topological polar surface area (TPSA) is 20.3 Å². The number of amides is 1. The van der Waals surface area contributed by atoms with Gasteiger partial charge in [-0.15, -0.1) is 0 Å². The number of carbonyl (C=O) groups is 1. The SMILES string of the molecule is O=C(CC1CCc2ccccc21)N(Cc1cccc(F)c1)C1CC1. The van der Waals surface area contributed by atoms with Gasteiger partial charge in [0.15, 0.2) is 0 Å². The molecule has 3 heteroatoms. The Bertz CT molecular complexity index is 753. The minimum absolute atomic E-state index is 0.212. The molecule has 2 aromatic carbocycles. The van der Waals surface area contributed by atoms with E-state index in [4.69, 9.17) is 0 Å². The smallest absolute Gasteiger partial charge is 0.223 e. The summed E-state index contributed by atoms with van der Waals surface area (Å²) in [5, 5.41) is 0. The molecule has 2 aliphatic carbocycles. The number of benzene rings is 2. The minimum Gasteiger partial charge on any atom is -0.335 e. The van der Waals surface area contributed by atoms with Crippen molar-refractivity contribution in [3.05, 3.63) is 71.0 Å². The summed E-state index contributed by atoms with van der Waals surface area (Å²) >= 11 is 0. The summed E-state index contributed by atoms with van der Waals surface area (Å²) in [4.78, 5) is 14.9. The third kappa shape index (κ3) is 3.21. The first kappa shape index (κ1) is 15.4. The van der Waals surface area contributed by atoms with Crippen LogP contribution >= 0.6 is 0 Å². The highest BCUT2D eigenvalue weighted by Gasteiger charge is 2.34. The molecule has 1 saturated carbocycles. The summed E-state index contributed by atoms with van der Waals surface area (Å²) in [6.45, 7) is 0.523. The second-order valence-corrected chi connectivity index (χ2v) is 7.02. The molecule has 2 aliphatic rings. The Morgan fingerprint density at radius 2 is 1.92 bits per heavy atom. The van der Waals surface area contributed by atoms with Crippen molar-refractivity contribution in [1.82, 2.24) is 4.90 Å². The van der Waals surface area contributed by atoms with Gasteiger partial charge in [-0.05, 0) is 60.4 Å². The van der Waals surface area contributed by atoms with Crippen LogP contribution in [0.1, 0.15) is 48.3 Å². The molecule has 1 unspecified atom stereocenters. The third-order valence-corrected chi connectivity index (χ3v) is 5.23. The van der Waals surface area contributed by atoms with Crippen molar-refractivity contribution >= 4 is 5.91 Å². The summed E-state index contributed by atoms with van der Waals surface area (Å²) < 4.78 is 13.4. The molecule has 124 valence electrons. The molecule has 0 N–H and O–H groups in total. The van der Waals surface area contributed by atoms with E-state index in [-0.39, 0.29) is 11.7 Å². The number of rotatable bonds is 5. The fourth-order valence-electron chi connectivity index (χ4n) is 3.82. The van der Waals surface area contributed by atoms with Gasteiger partial charge in [-0.3, -0.25) is 4.79 Å². The van der Waals surface area contributed by atoms with E-state index in [2.05, 4.69) is 24.3 Å². The Balaban J connectivity index is 1.47. The van der Waals surface area contributed by atoms with E-state index in [9.17, 15) is 9.18 Å². The van der Waals surface area contributed by atoms with Gasteiger partial charge in [-0.25, -0.2) is 4.39 Å². The van der Waals surface area contributed by atoms with Crippen molar-refractivity contribution in [3.8, 4) is 0 Å². The zero-order valence-corrected chi connectivity index (χ0v) is 13.7. The Kier molecular flexibility index (Phi) is 4.09. The number of hydrogen-bond acceptors (Lipinski definition) is 1. The molecule has 0 bridgehead atoms. The highest BCUT2D eigenvalue weighted by Crippen LogP contribution is 2.37. The summed E-state index contributed by atoms with van der Waals surface area (Å²) in [5.74, 6) is 0.311. The molecule has 0 saturated heterocycles. The summed E-state index contributed by atoms with van der Waals surface area (Å²) in [7, 11) is 0. The Labute approximate surface area is 142 Å². The highest BCUT2D eigenvalue weighted by molar-refractivity contribution is 5.78. The molecule has 2 nitrogen and oxygen atoms in total. The van der Waals surface area contributed by atoms with Gasteiger partial charge in [0, 0.05) is 19.0 Å². The van der Waals surface area contributed by atoms with Crippen molar-refractivity contribution in [2.24, 2.45) is 0 Å². The Morgan fingerprint density at radius 1 is 1.08 bits per heavy atom. The predicted molar refractivity (Wildman–Crippen MR) is 92.1 cm³/mol. The Hall–Kier alpha value is -2.16. The van der Waals surface area contributed by atoms with Gasteiger partial charge >= 0.3 is 0 Å². The molecule has 1 fully saturated rings. The van der Waals surface area contributed by atoms with Crippen LogP contribution in [0.3, 0.4) is 0 Å². The fraction of sp³-hybridized carbons (Fsp3) is 0.381. The van der Waals surface area contributed by atoms with Gasteiger partial charge in [0.05, 0.1) is 0 Å². The van der Waals surface area contributed by atoms with Crippen molar-refractivity contribution in [3.63, 3.8) is 0 Å².